The molecule has 10 heteroatoms. The number of aromatic nitrogens is 4. The van der Waals surface area contributed by atoms with Crippen molar-refractivity contribution in [2.75, 3.05) is 11.1 Å². The standard InChI is InChI=1S/C27H28ClN5O2S2/c1-6-11-33-25(19(5)35-21-9-10-22(28)18(4)13-21)31-32-27(33)37-15-24(34)30-26-29-23(14-36-26)20-8-7-16(2)17(3)12-20/h6-10,12-14,19H,1,11,15H2,2-5H3,(H,29,30,34). The van der Waals surface area contributed by atoms with Crippen LogP contribution in [0.2, 0.25) is 5.02 Å². The van der Waals surface area contributed by atoms with Gasteiger partial charge in [-0.15, -0.1) is 28.1 Å². The number of carbonyl (C=O) groups is 1. The smallest absolute Gasteiger partial charge is 0.236 e. The Morgan fingerprint density at radius 2 is 2.00 bits per heavy atom. The summed E-state index contributed by atoms with van der Waals surface area (Å²) in [6.07, 6.45) is 1.40. The molecule has 0 spiro atoms. The number of allylic oxidation sites excluding steroid dienone is 1. The van der Waals surface area contributed by atoms with Crippen LogP contribution in [0.3, 0.4) is 0 Å². The van der Waals surface area contributed by atoms with E-state index in [1.807, 2.05) is 42.0 Å². The van der Waals surface area contributed by atoms with Crippen LogP contribution in [0.4, 0.5) is 5.13 Å². The fraction of sp³-hybridized carbons (Fsp3) is 0.259. The van der Waals surface area contributed by atoms with E-state index in [9.17, 15) is 4.79 Å². The van der Waals surface area contributed by atoms with E-state index in [1.165, 1.54) is 34.2 Å². The fourth-order valence-electron chi connectivity index (χ4n) is 3.61. The Hall–Kier alpha value is -3.14. The van der Waals surface area contributed by atoms with Gasteiger partial charge in [-0.1, -0.05) is 41.6 Å². The van der Waals surface area contributed by atoms with Gasteiger partial charge in [-0.3, -0.25) is 9.36 Å². The maximum absolute atomic E-state index is 12.7. The highest BCUT2D eigenvalue weighted by Gasteiger charge is 2.20. The van der Waals surface area contributed by atoms with Gasteiger partial charge in [-0.2, -0.15) is 0 Å². The summed E-state index contributed by atoms with van der Waals surface area (Å²) >= 11 is 8.83. The van der Waals surface area contributed by atoms with E-state index in [2.05, 4.69) is 53.1 Å². The highest BCUT2D eigenvalue weighted by Crippen LogP contribution is 2.29. The zero-order valence-electron chi connectivity index (χ0n) is 21.1. The highest BCUT2D eigenvalue weighted by molar-refractivity contribution is 7.99. The Bertz CT molecular complexity index is 1430. The molecule has 2 heterocycles. The predicted octanol–water partition coefficient (Wildman–Crippen LogP) is 7.04. The molecule has 192 valence electrons. The molecule has 0 aliphatic carbocycles. The summed E-state index contributed by atoms with van der Waals surface area (Å²) in [6, 6.07) is 11.7. The van der Waals surface area contributed by atoms with Crippen molar-refractivity contribution in [3.05, 3.63) is 82.0 Å². The Labute approximate surface area is 230 Å². The highest BCUT2D eigenvalue weighted by atomic mass is 35.5. The number of ether oxygens (including phenoxy) is 1. The molecule has 0 aliphatic heterocycles. The molecule has 0 fully saturated rings. The van der Waals surface area contributed by atoms with E-state index in [0.717, 1.165) is 16.8 Å². The molecule has 2 aromatic heterocycles. The number of hydrogen-bond acceptors (Lipinski definition) is 7. The summed E-state index contributed by atoms with van der Waals surface area (Å²) < 4.78 is 7.98. The van der Waals surface area contributed by atoms with E-state index in [1.54, 1.807) is 12.1 Å². The molecule has 0 saturated carbocycles. The van der Waals surface area contributed by atoms with Crippen molar-refractivity contribution in [3.63, 3.8) is 0 Å². The molecular formula is C27H28ClN5O2S2. The van der Waals surface area contributed by atoms with Crippen LogP contribution in [0.15, 0.2) is 59.6 Å². The third-order valence-corrected chi connectivity index (χ3v) is 7.90. The van der Waals surface area contributed by atoms with E-state index < -0.39 is 0 Å². The average molecular weight is 554 g/mol. The molecule has 2 aromatic carbocycles. The second kappa shape index (κ2) is 11.9. The molecule has 0 aliphatic rings. The number of benzene rings is 2. The fourth-order valence-corrected chi connectivity index (χ4v) is 5.21. The largest absolute Gasteiger partial charge is 0.483 e. The third-order valence-electron chi connectivity index (χ3n) is 5.75. The van der Waals surface area contributed by atoms with Gasteiger partial charge in [0.1, 0.15) is 5.75 Å². The van der Waals surface area contributed by atoms with Crippen LogP contribution in [-0.4, -0.2) is 31.4 Å². The first-order chi connectivity index (χ1) is 17.7. The minimum atomic E-state index is -0.365. The lowest BCUT2D eigenvalue weighted by Crippen LogP contribution is -2.15. The first-order valence-corrected chi connectivity index (χ1v) is 13.9. The Morgan fingerprint density at radius 3 is 2.73 bits per heavy atom. The number of amides is 1. The number of nitrogens with one attached hydrogen (secondary N) is 1. The first kappa shape index (κ1) is 26.9. The van der Waals surface area contributed by atoms with Gasteiger partial charge < -0.3 is 10.1 Å². The number of halogens is 1. The minimum absolute atomic E-state index is 0.165. The number of anilines is 1. The lowest BCUT2D eigenvalue weighted by molar-refractivity contribution is -0.113. The van der Waals surface area contributed by atoms with Gasteiger partial charge in [0.15, 0.2) is 22.2 Å². The Morgan fingerprint density at radius 1 is 1.19 bits per heavy atom. The van der Waals surface area contributed by atoms with Gasteiger partial charge in [-0.25, -0.2) is 4.98 Å². The van der Waals surface area contributed by atoms with Crippen LogP contribution in [0.25, 0.3) is 11.3 Å². The van der Waals surface area contributed by atoms with Crippen molar-refractivity contribution in [1.29, 1.82) is 0 Å². The summed E-state index contributed by atoms with van der Waals surface area (Å²) in [5.74, 6) is 1.34. The summed E-state index contributed by atoms with van der Waals surface area (Å²) in [5, 5.41) is 15.3. The summed E-state index contributed by atoms with van der Waals surface area (Å²) in [5.41, 5.74) is 5.25. The number of rotatable bonds is 10. The molecule has 1 atom stereocenters. The van der Waals surface area contributed by atoms with Crippen LogP contribution in [-0.2, 0) is 11.3 Å². The van der Waals surface area contributed by atoms with Gasteiger partial charge in [-0.05, 0) is 68.7 Å². The minimum Gasteiger partial charge on any atom is -0.483 e. The second-order valence-corrected chi connectivity index (χ2v) is 10.8. The Kier molecular flexibility index (Phi) is 8.68. The molecule has 0 radical (unpaired) electrons. The van der Waals surface area contributed by atoms with Gasteiger partial charge in [0.25, 0.3) is 0 Å². The van der Waals surface area contributed by atoms with Gasteiger partial charge in [0.05, 0.1) is 11.4 Å². The van der Waals surface area contributed by atoms with Crippen molar-refractivity contribution < 1.29 is 9.53 Å². The summed E-state index contributed by atoms with van der Waals surface area (Å²) in [7, 11) is 0. The van der Waals surface area contributed by atoms with Crippen molar-refractivity contribution in [1.82, 2.24) is 19.7 Å². The van der Waals surface area contributed by atoms with Crippen LogP contribution in [0.5, 0.6) is 5.75 Å². The van der Waals surface area contributed by atoms with Crippen molar-refractivity contribution in [2.24, 2.45) is 0 Å². The number of carbonyl (C=O) groups excluding carboxylic acids is 1. The monoisotopic (exact) mass is 553 g/mol. The SMILES string of the molecule is C=CCn1c(SCC(=O)Nc2nc(-c3ccc(C)c(C)c3)cs2)nnc1C(C)Oc1ccc(Cl)c(C)c1. The zero-order valence-corrected chi connectivity index (χ0v) is 23.5. The van der Waals surface area contributed by atoms with E-state index in [-0.39, 0.29) is 17.8 Å². The third kappa shape index (κ3) is 6.60. The van der Waals surface area contributed by atoms with E-state index in [0.29, 0.717) is 33.4 Å². The average Bonchev–Trinajstić information content (AvgIpc) is 3.49. The zero-order chi connectivity index (χ0) is 26.5. The molecule has 0 saturated heterocycles. The van der Waals surface area contributed by atoms with Gasteiger partial charge >= 0.3 is 0 Å². The van der Waals surface area contributed by atoms with Crippen LogP contribution >= 0.6 is 34.7 Å². The van der Waals surface area contributed by atoms with Crippen LogP contribution < -0.4 is 10.1 Å². The van der Waals surface area contributed by atoms with E-state index >= 15 is 0 Å². The predicted molar refractivity (Wildman–Crippen MR) is 152 cm³/mol. The molecule has 4 aromatic rings. The number of thiazole rings is 1. The molecule has 37 heavy (non-hydrogen) atoms. The lowest BCUT2D eigenvalue weighted by Gasteiger charge is -2.16. The van der Waals surface area contributed by atoms with Crippen LogP contribution in [0.1, 0.15) is 35.5 Å². The normalized spacial score (nSPS) is 11.8. The van der Waals surface area contributed by atoms with Crippen LogP contribution in [0, 0.1) is 20.8 Å². The van der Waals surface area contributed by atoms with Crippen molar-refractivity contribution in [2.45, 2.75) is 45.5 Å². The maximum atomic E-state index is 12.7. The number of nitrogens with zero attached hydrogens (tertiary/aromatic N) is 4. The summed E-state index contributed by atoms with van der Waals surface area (Å²) in [6.45, 7) is 12.3. The van der Waals surface area contributed by atoms with Crippen molar-refractivity contribution >= 4 is 45.7 Å². The molecule has 7 nitrogen and oxygen atoms in total. The molecular weight excluding hydrogens is 526 g/mol. The molecule has 1 N–H and O–H groups in total. The maximum Gasteiger partial charge on any atom is 0.236 e. The van der Waals surface area contributed by atoms with Gasteiger partial charge in [0.2, 0.25) is 5.91 Å². The number of hydrogen-bond donors (Lipinski definition) is 1. The molecule has 4 rings (SSSR count). The lowest BCUT2D eigenvalue weighted by atomic mass is 10.1. The quantitative estimate of drug-likeness (QED) is 0.167. The van der Waals surface area contributed by atoms with E-state index in [4.69, 9.17) is 16.3 Å². The van der Waals surface area contributed by atoms with Gasteiger partial charge in [0, 0.05) is 22.5 Å². The Balaban J connectivity index is 1.39. The molecule has 0 bridgehead atoms. The summed E-state index contributed by atoms with van der Waals surface area (Å²) in [4.78, 5) is 17.2. The first-order valence-electron chi connectivity index (χ1n) is 11.7. The van der Waals surface area contributed by atoms with Crippen molar-refractivity contribution in [3.8, 4) is 17.0 Å². The molecule has 1 amide bonds. The number of aryl methyl sites for hydroxylation is 3. The number of thioether (sulfide) groups is 1. The second-order valence-electron chi connectivity index (χ2n) is 8.58. The molecule has 1 unspecified atom stereocenters. The topological polar surface area (TPSA) is 81.9 Å².